The van der Waals surface area contributed by atoms with E-state index in [0.717, 1.165) is 25.9 Å². The molecule has 1 aromatic heterocycles. The van der Waals surface area contributed by atoms with Crippen molar-refractivity contribution in [1.29, 1.82) is 0 Å². The van der Waals surface area contributed by atoms with E-state index in [1.165, 1.54) is 12.1 Å². The fourth-order valence-electron chi connectivity index (χ4n) is 1.96. The molecule has 102 valence electrons. The van der Waals surface area contributed by atoms with E-state index in [1.54, 1.807) is 4.90 Å². The normalized spacial score (nSPS) is 14.4. The minimum Gasteiger partial charge on any atom is -0.378 e. The maximum atomic E-state index is 11.8. The molecule has 0 spiro atoms. The number of rotatable bonds is 4. The van der Waals surface area contributed by atoms with E-state index in [1.807, 2.05) is 0 Å². The topological polar surface area (TPSA) is 114 Å². The lowest BCUT2D eigenvalue weighted by Crippen LogP contribution is -2.33. The van der Waals surface area contributed by atoms with Gasteiger partial charge in [-0.2, -0.15) is 0 Å². The first-order valence-corrected chi connectivity index (χ1v) is 6.00. The minimum atomic E-state index is -0.596. The molecule has 8 heteroatoms. The molecule has 0 radical (unpaired) electrons. The van der Waals surface area contributed by atoms with Crippen molar-refractivity contribution in [3.05, 3.63) is 22.2 Å². The van der Waals surface area contributed by atoms with E-state index in [2.05, 4.69) is 10.3 Å². The molecule has 2 rings (SSSR count). The molecule has 1 amide bonds. The number of nitrogens with two attached hydrogens (primary N) is 1. The van der Waals surface area contributed by atoms with Gasteiger partial charge in [-0.3, -0.25) is 14.9 Å². The number of pyridine rings is 1. The third-order valence-electron chi connectivity index (χ3n) is 2.98. The lowest BCUT2D eigenvalue weighted by molar-refractivity contribution is -0.384. The Labute approximate surface area is 109 Å². The number of carbonyl (C=O) groups is 1. The van der Waals surface area contributed by atoms with E-state index in [-0.39, 0.29) is 24.0 Å². The summed E-state index contributed by atoms with van der Waals surface area (Å²) in [5, 5.41) is 13.4. The second kappa shape index (κ2) is 5.51. The van der Waals surface area contributed by atoms with Crippen LogP contribution in [0.4, 0.5) is 17.3 Å². The fraction of sp³-hybridized carbons (Fsp3) is 0.455. The highest BCUT2D eigenvalue weighted by molar-refractivity contribution is 5.81. The first-order chi connectivity index (χ1) is 9.08. The standard InChI is InChI=1S/C11H15N5O3/c12-11-8(16(18)19)3-4-9(14-11)13-7-10(17)15-5-1-2-6-15/h3-4H,1-2,5-7H2,(H3,12,13,14). The van der Waals surface area contributed by atoms with Gasteiger partial charge in [0.1, 0.15) is 5.82 Å². The maximum absolute atomic E-state index is 11.8. The van der Waals surface area contributed by atoms with Crippen LogP contribution in [0.2, 0.25) is 0 Å². The molecule has 0 saturated carbocycles. The number of hydrogen-bond donors (Lipinski definition) is 2. The van der Waals surface area contributed by atoms with Crippen LogP contribution >= 0.6 is 0 Å². The lowest BCUT2D eigenvalue weighted by Gasteiger charge is -2.15. The van der Waals surface area contributed by atoms with E-state index in [4.69, 9.17) is 5.73 Å². The van der Waals surface area contributed by atoms with Crippen LogP contribution < -0.4 is 11.1 Å². The molecule has 19 heavy (non-hydrogen) atoms. The summed E-state index contributed by atoms with van der Waals surface area (Å²) in [7, 11) is 0. The zero-order chi connectivity index (χ0) is 13.8. The monoisotopic (exact) mass is 265 g/mol. The Hall–Kier alpha value is -2.38. The van der Waals surface area contributed by atoms with Crippen molar-refractivity contribution in [2.45, 2.75) is 12.8 Å². The first kappa shape index (κ1) is 13.1. The van der Waals surface area contributed by atoms with Gasteiger partial charge >= 0.3 is 5.69 Å². The zero-order valence-electron chi connectivity index (χ0n) is 10.3. The van der Waals surface area contributed by atoms with E-state index < -0.39 is 4.92 Å². The molecular weight excluding hydrogens is 250 g/mol. The summed E-state index contributed by atoms with van der Waals surface area (Å²) >= 11 is 0. The van der Waals surface area contributed by atoms with Crippen LogP contribution in [0.5, 0.6) is 0 Å². The van der Waals surface area contributed by atoms with E-state index in [9.17, 15) is 14.9 Å². The van der Waals surface area contributed by atoms with Gasteiger partial charge in [0.25, 0.3) is 0 Å². The molecule has 0 aromatic carbocycles. The molecule has 1 saturated heterocycles. The SMILES string of the molecule is Nc1nc(NCC(=O)N2CCCC2)ccc1[N+](=O)[O-]. The number of nitrogen functional groups attached to an aromatic ring is 1. The Balaban J connectivity index is 1.94. The molecule has 1 aliphatic heterocycles. The summed E-state index contributed by atoms with van der Waals surface area (Å²) < 4.78 is 0. The number of nitrogens with one attached hydrogen (secondary N) is 1. The average Bonchev–Trinajstić information content (AvgIpc) is 2.89. The Kier molecular flexibility index (Phi) is 3.79. The van der Waals surface area contributed by atoms with Crippen LogP contribution in [0.25, 0.3) is 0 Å². The van der Waals surface area contributed by atoms with Crippen LogP contribution in [-0.4, -0.2) is 40.3 Å². The van der Waals surface area contributed by atoms with Gasteiger partial charge in [0.2, 0.25) is 11.7 Å². The number of hydrogen-bond acceptors (Lipinski definition) is 6. The van der Waals surface area contributed by atoms with Crippen molar-refractivity contribution in [2.24, 2.45) is 0 Å². The Bertz CT molecular complexity index is 499. The predicted molar refractivity (Wildman–Crippen MR) is 69.6 cm³/mol. The molecule has 0 atom stereocenters. The third kappa shape index (κ3) is 3.09. The van der Waals surface area contributed by atoms with Gasteiger partial charge < -0.3 is 16.0 Å². The number of anilines is 2. The summed E-state index contributed by atoms with van der Waals surface area (Å²) in [5.41, 5.74) is 5.22. The van der Waals surface area contributed by atoms with Gasteiger partial charge in [-0.25, -0.2) is 4.98 Å². The van der Waals surface area contributed by atoms with Gasteiger partial charge in [0.15, 0.2) is 0 Å². The Morgan fingerprint density at radius 2 is 2.16 bits per heavy atom. The predicted octanol–water partition coefficient (Wildman–Crippen LogP) is 0.606. The van der Waals surface area contributed by atoms with Gasteiger partial charge in [-0.1, -0.05) is 0 Å². The third-order valence-corrected chi connectivity index (χ3v) is 2.98. The molecule has 1 aromatic rings. The number of nitro groups is 1. The Morgan fingerprint density at radius 1 is 1.47 bits per heavy atom. The van der Waals surface area contributed by atoms with Gasteiger partial charge in [0.05, 0.1) is 11.5 Å². The highest BCUT2D eigenvalue weighted by Crippen LogP contribution is 2.20. The van der Waals surface area contributed by atoms with Crippen LogP contribution in [-0.2, 0) is 4.79 Å². The lowest BCUT2D eigenvalue weighted by atomic mass is 10.3. The fourth-order valence-corrected chi connectivity index (χ4v) is 1.96. The molecule has 8 nitrogen and oxygen atoms in total. The van der Waals surface area contributed by atoms with Crippen LogP contribution in [0.1, 0.15) is 12.8 Å². The molecule has 2 heterocycles. The van der Waals surface area contributed by atoms with E-state index >= 15 is 0 Å². The van der Waals surface area contributed by atoms with Crippen molar-refractivity contribution in [3.63, 3.8) is 0 Å². The number of amides is 1. The summed E-state index contributed by atoms with van der Waals surface area (Å²) in [6.45, 7) is 1.69. The number of aromatic nitrogens is 1. The van der Waals surface area contributed by atoms with Crippen molar-refractivity contribution in [1.82, 2.24) is 9.88 Å². The van der Waals surface area contributed by atoms with Crippen molar-refractivity contribution < 1.29 is 9.72 Å². The Morgan fingerprint density at radius 3 is 2.74 bits per heavy atom. The molecule has 0 aliphatic carbocycles. The van der Waals surface area contributed by atoms with Crippen molar-refractivity contribution in [2.75, 3.05) is 30.7 Å². The van der Waals surface area contributed by atoms with Crippen molar-refractivity contribution in [3.8, 4) is 0 Å². The summed E-state index contributed by atoms with van der Waals surface area (Å²) in [6.07, 6.45) is 2.07. The molecule has 1 fully saturated rings. The quantitative estimate of drug-likeness (QED) is 0.608. The molecule has 3 N–H and O–H groups in total. The van der Waals surface area contributed by atoms with Gasteiger partial charge in [0, 0.05) is 19.2 Å². The van der Waals surface area contributed by atoms with E-state index in [0.29, 0.717) is 5.82 Å². The smallest absolute Gasteiger partial charge is 0.311 e. The van der Waals surface area contributed by atoms with Crippen LogP contribution in [0.15, 0.2) is 12.1 Å². The van der Waals surface area contributed by atoms with Gasteiger partial charge in [-0.05, 0) is 18.9 Å². The number of likely N-dealkylation sites (tertiary alicyclic amines) is 1. The highest BCUT2D eigenvalue weighted by Gasteiger charge is 2.18. The molecular formula is C11H15N5O3. The second-order valence-corrected chi connectivity index (χ2v) is 4.30. The largest absolute Gasteiger partial charge is 0.378 e. The minimum absolute atomic E-state index is 0.00350. The zero-order valence-corrected chi connectivity index (χ0v) is 10.3. The van der Waals surface area contributed by atoms with Crippen LogP contribution in [0, 0.1) is 10.1 Å². The molecule has 0 bridgehead atoms. The second-order valence-electron chi connectivity index (χ2n) is 4.30. The number of nitrogens with zero attached hydrogens (tertiary/aromatic N) is 3. The average molecular weight is 265 g/mol. The van der Waals surface area contributed by atoms with Crippen molar-refractivity contribution >= 4 is 23.2 Å². The summed E-state index contributed by atoms with van der Waals surface area (Å²) in [5.74, 6) is 0.190. The highest BCUT2D eigenvalue weighted by atomic mass is 16.6. The number of carbonyl (C=O) groups excluding carboxylic acids is 1. The molecule has 0 unspecified atom stereocenters. The molecule has 1 aliphatic rings. The summed E-state index contributed by atoms with van der Waals surface area (Å²) in [4.78, 5) is 27.4. The first-order valence-electron chi connectivity index (χ1n) is 6.00. The van der Waals surface area contributed by atoms with Gasteiger partial charge in [-0.15, -0.1) is 0 Å². The summed E-state index contributed by atoms with van der Waals surface area (Å²) in [6, 6.07) is 2.71. The maximum Gasteiger partial charge on any atom is 0.311 e. The van der Waals surface area contributed by atoms with Crippen LogP contribution in [0.3, 0.4) is 0 Å².